The lowest BCUT2D eigenvalue weighted by Gasteiger charge is -2.36. The minimum atomic E-state index is 0.640. The molecule has 4 heterocycles. The number of pyridine rings is 2. The molecule has 0 N–H and O–H groups in total. The van der Waals surface area contributed by atoms with Gasteiger partial charge in [0.2, 0.25) is 0 Å². The third-order valence-electron chi connectivity index (χ3n) is 4.27. The number of anilines is 2. The maximum atomic E-state index is 5.70. The third-order valence-corrected chi connectivity index (χ3v) is 4.27. The van der Waals surface area contributed by atoms with Gasteiger partial charge >= 0.3 is 0 Å². The number of hydrogen-bond acceptors (Lipinski definition) is 7. The summed E-state index contributed by atoms with van der Waals surface area (Å²) >= 11 is 0. The molecule has 0 bridgehead atoms. The van der Waals surface area contributed by atoms with Gasteiger partial charge in [-0.05, 0) is 31.2 Å². The van der Waals surface area contributed by atoms with Crippen molar-refractivity contribution in [3.8, 4) is 5.75 Å². The standard InChI is InChI=1S/C18H20N6O/c1-2-25-15-4-3-7-21-18(15)24-12-10-23(11-13-24)16-6-5-14-17(22-16)20-9-8-19-14/h3-9H,2,10-13H2,1H3. The Bertz CT molecular complexity index is 863. The molecule has 4 rings (SSSR count). The fourth-order valence-corrected chi connectivity index (χ4v) is 3.06. The van der Waals surface area contributed by atoms with E-state index in [0.29, 0.717) is 12.3 Å². The van der Waals surface area contributed by atoms with E-state index in [1.807, 2.05) is 37.4 Å². The van der Waals surface area contributed by atoms with Crippen molar-refractivity contribution in [2.24, 2.45) is 0 Å². The van der Waals surface area contributed by atoms with Crippen LogP contribution in [0.2, 0.25) is 0 Å². The number of nitrogens with zero attached hydrogens (tertiary/aromatic N) is 6. The number of piperazine rings is 1. The Morgan fingerprint density at radius 2 is 1.72 bits per heavy atom. The van der Waals surface area contributed by atoms with Crippen LogP contribution in [-0.2, 0) is 0 Å². The molecule has 7 heteroatoms. The molecule has 3 aromatic rings. The zero-order valence-electron chi connectivity index (χ0n) is 14.2. The van der Waals surface area contributed by atoms with Crippen molar-refractivity contribution in [3.05, 3.63) is 42.9 Å². The summed E-state index contributed by atoms with van der Waals surface area (Å²) in [5.74, 6) is 2.71. The molecule has 1 aliphatic rings. The predicted octanol–water partition coefficient (Wildman–Crippen LogP) is 2.15. The molecule has 25 heavy (non-hydrogen) atoms. The van der Waals surface area contributed by atoms with Gasteiger partial charge in [0.25, 0.3) is 0 Å². The summed E-state index contributed by atoms with van der Waals surface area (Å²) in [4.78, 5) is 22.2. The Hall–Kier alpha value is -2.96. The quantitative estimate of drug-likeness (QED) is 0.723. The first-order valence-electron chi connectivity index (χ1n) is 8.50. The normalized spacial score (nSPS) is 14.8. The second kappa shape index (κ2) is 6.88. The summed E-state index contributed by atoms with van der Waals surface area (Å²) in [7, 11) is 0. The van der Waals surface area contributed by atoms with E-state index in [-0.39, 0.29) is 0 Å². The molecule has 0 radical (unpaired) electrons. The Morgan fingerprint density at radius 1 is 0.920 bits per heavy atom. The Balaban J connectivity index is 1.49. The second-order valence-electron chi connectivity index (χ2n) is 5.80. The van der Waals surface area contributed by atoms with Gasteiger partial charge < -0.3 is 14.5 Å². The van der Waals surface area contributed by atoms with Crippen LogP contribution in [0.3, 0.4) is 0 Å². The minimum Gasteiger partial charge on any atom is -0.490 e. The van der Waals surface area contributed by atoms with Crippen LogP contribution in [0.25, 0.3) is 11.2 Å². The fourth-order valence-electron chi connectivity index (χ4n) is 3.06. The molecule has 0 atom stereocenters. The van der Waals surface area contributed by atoms with Crippen molar-refractivity contribution < 1.29 is 4.74 Å². The van der Waals surface area contributed by atoms with Crippen LogP contribution in [0.5, 0.6) is 5.75 Å². The average Bonchev–Trinajstić information content (AvgIpc) is 2.68. The topological polar surface area (TPSA) is 67.3 Å². The van der Waals surface area contributed by atoms with E-state index in [1.165, 1.54) is 0 Å². The van der Waals surface area contributed by atoms with Crippen LogP contribution in [-0.4, -0.2) is 52.7 Å². The summed E-state index contributed by atoms with van der Waals surface area (Å²) in [6.45, 7) is 6.13. The van der Waals surface area contributed by atoms with Crippen molar-refractivity contribution in [2.75, 3.05) is 42.6 Å². The first kappa shape index (κ1) is 15.6. The van der Waals surface area contributed by atoms with Crippen LogP contribution >= 0.6 is 0 Å². The van der Waals surface area contributed by atoms with Crippen molar-refractivity contribution in [3.63, 3.8) is 0 Å². The number of hydrogen-bond donors (Lipinski definition) is 0. The van der Waals surface area contributed by atoms with Gasteiger partial charge in [-0.25, -0.2) is 15.0 Å². The van der Waals surface area contributed by atoms with Crippen LogP contribution < -0.4 is 14.5 Å². The lowest BCUT2D eigenvalue weighted by molar-refractivity contribution is 0.338. The minimum absolute atomic E-state index is 0.640. The van der Waals surface area contributed by atoms with E-state index in [0.717, 1.165) is 49.1 Å². The summed E-state index contributed by atoms with van der Waals surface area (Å²) in [5.41, 5.74) is 1.51. The van der Waals surface area contributed by atoms with Crippen LogP contribution in [0, 0.1) is 0 Å². The lowest BCUT2D eigenvalue weighted by atomic mass is 10.2. The molecule has 1 aliphatic heterocycles. The SMILES string of the molecule is CCOc1cccnc1N1CCN(c2ccc3nccnc3n2)CC1. The highest BCUT2D eigenvalue weighted by molar-refractivity contribution is 5.71. The van der Waals surface area contributed by atoms with E-state index in [9.17, 15) is 0 Å². The molecule has 1 saturated heterocycles. The molecule has 0 saturated carbocycles. The number of aromatic nitrogens is 4. The van der Waals surface area contributed by atoms with E-state index < -0.39 is 0 Å². The average molecular weight is 336 g/mol. The lowest BCUT2D eigenvalue weighted by Crippen LogP contribution is -2.47. The fraction of sp³-hybridized carbons (Fsp3) is 0.333. The molecular formula is C18H20N6O. The van der Waals surface area contributed by atoms with Gasteiger partial charge in [-0.2, -0.15) is 0 Å². The number of ether oxygens (including phenoxy) is 1. The Kier molecular flexibility index (Phi) is 4.28. The van der Waals surface area contributed by atoms with Gasteiger partial charge in [0, 0.05) is 44.8 Å². The van der Waals surface area contributed by atoms with Crippen molar-refractivity contribution in [1.29, 1.82) is 0 Å². The van der Waals surface area contributed by atoms with Crippen LogP contribution in [0.15, 0.2) is 42.9 Å². The first-order chi connectivity index (χ1) is 12.3. The highest BCUT2D eigenvalue weighted by Crippen LogP contribution is 2.27. The highest BCUT2D eigenvalue weighted by Gasteiger charge is 2.21. The van der Waals surface area contributed by atoms with Crippen LogP contribution in [0.1, 0.15) is 6.92 Å². The van der Waals surface area contributed by atoms with Gasteiger partial charge in [-0.1, -0.05) is 0 Å². The number of rotatable bonds is 4. The number of fused-ring (bicyclic) bond motifs is 1. The van der Waals surface area contributed by atoms with Crippen molar-refractivity contribution in [1.82, 2.24) is 19.9 Å². The summed E-state index contributed by atoms with van der Waals surface area (Å²) in [6.07, 6.45) is 5.17. The zero-order valence-corrected chi connectivity index (χ0v) is 14.2. The van der Waals surface area contributed by atoms with Crippen molar-refractivity contribution in [2.45, 2.75) is 6.92 Å². The maximum Gasteiger partial charge on any atom is 0.180 e. The Labute approximate surface area is 146 Å². The van der Waals surface area contributed by atoms with E-state index in [1.54, 1.807) is 12.4 Å². The Morgan fingerprint density at radius 3 is 2.56 bits per heavy atom. The smallest absolute Gasteiger partial charge is 0.180 e. The molecule has 0 spiro atoms. The summed E-state index contributed by atoms with van der Waals surface area (Å²) < 4.78 is 5.70. The van der Waals surface area contributed by atoms with Gasteiger partial charge in [0.05, 0.1) is 6.61 Å². The third kappa shape index (κ3) is 3.17. The second-order valence-corrected chi connectivity index (χ2v) is 5.80. The van der Waals surface area contributed by atoms with Gasteiger partial charge in [-0.15, -0.1) is 0 Å². The largest absolute Gasteiger partial charge is 0.490 e. The molecule has 128 valence electrons. The molecule has 3 aromatic heterocycles. The molecule has 1 fully saturated rings. The summed E-state index contributed by atoms with van der Waals surface area (Å²) in [6, 6.07) is 7.87. The summed E-state index contributed by atoms with van der Waals surface area (Å²) in [5, 5.41) is 0. The monoisotopic (exact) mass is 336 g/mol. The van der Waals surface area contributed by atoms with Gasteiger partial charge in [0.15, 0.2) is 17.2 Å². The molecule has 0 unspecified atom stereocenters. The zero-order chi connectivity index (χ0) is 17.1. The molecule has 7 nitrogen and oxygen atoms in total. The molecule has 0 aromatic carbocycles. The van der Waals surface area contributed by atoms with E-state index >= 15 is 0 Å². The van der Waals surface area contributed by atoms with Crippen LogP contribution in [0.4, 0.5) is 11.6 Å². The predicted molar refractivity (Wildman–Crippen MR) is 97.2 cm³/mol. The van der Waals surface area contributed by atoms with E-state index in [4.69, 9.17) is 4.74 Å². The molecule has 0 amide bonds. The van der Waals surface area contributed by atoms with Gasteiger partial charge in [-0.3, -0.25) is 4.98 Å². The first-order valence-corrected chi connectivity index (χ1v) is 8.50. The highest BCUT2D eigenvalue weighted by atomic mass is 16.5. The van der Waals surface area contributed by atoms with E-state index in [2.05, 4.69) is 29.7 Å². The molecule has 0 aliphatic carbocycles. The molecular weight excluding hydrogens is 316 g/mol. The maximum absolute atomic E-state index is 5.70. The van der Waals surface area contributed by atoms with Crippen molar-refractivity contribution >= 4 is 22.8 Å². The van der Waals surface area contributed by atoms with Gasteiger partial charge in [0.1, 0.15) is 11.3 Å².